The van der Waals surface area contributed by atoms with E-state index >= 15 is 0 Å². The first-order chi connectivity index (χ1) is 12.5. The van der Waals surface area contributed by atoms with E-state index in [0.29, 0.717) is 16.9 Å². The van der Waals surface area contributed by atoms with E-state index in [9.17, 15) is 14.0 Å². The number of nitrogens with zero attached hydrogens (tertiary/aromatic N) is 1. The molecule has 0 fully saturated rings. The number of hydrogen-bond acceptors (Lipinski definition) is 6. The number of carbonyl (C=O) groups excluding carboxylic acids is 2. The van der Waals surface area contributed by atoms with E-state index in [1.807, 2.05) is 0 Å². The van der Waals surface area contributed by atoms with Gasteiger partial charge in [0.1, 0.15) is 11.6 Å². The Bertz CT molecular complexity index is 902. The van der Waals surface area contributed by atoms with Gasteiger partial charge >= 0.3 is 12.1 Å². The molecular formula is C19H14FNO5. The lowest BCUT2D eigenvalue weighted by atomic mass is 10.2. The Morgan fingerprint density at radius 2 is 2.00 bits per heavy atom. The van der Waals surface area contributed by atoms with Crippen molar-refractivity contribution in [2.75, 3.05) is 6.61 Å². The first-order valence-corrected chi connectivity index (χ1v) is 7.78. The molecule has 0 unspecified atom stereocenters. The van der Waals surface area contributed by atoms with Gasteiger partial charge in [0.25, 0.3) is 0 Å². The average Bonchev–Trinajstić information content (AvgIpc) is 2.98. The molecule has 0 atom stereocenters. The molecule has 2 aromatic carbocycles. The van der Waals surface area contributed by atoms with E-state index in [4.69, 9.17) is 9.47 Å². The Morgan fingerprint density at radius 1 is 1.23 bits per heavy atom. The number of hydrogen-bond donors (Lipinski definition) is 0. The number of esters is 1. The summed E-state index contributed by atoms with van der Waals surface area (Å²) in [6.45, 7) is 1.90. The van der Waals surface area contributed by atoms with E-state index in [0.717, 1.165) is 0 Å². The van der Waals surface area contributed by atoms with Crippen LogP contribution in [0.1, 0.15) is 18.1 Å². The molecule has 7 heteroatoms. The molecule has 1 heterocycles. The summed E-state index contributed by atoms with van der Waals surface area (Å²) >= 11 is 0. The van der Waals surface area contributed by atoms with E-state index in [-0.39, 0.29) is 18.2 Å². The van der Waals surface area contributed by atoms with Gasteiger partial charge in [-0.05, 0) is 48.9 Å². The minimum Gasteiger partial charge on any atom is -0.434 e. The van der Waals surface area contributed by atoms with E-state index < -0.39 is 17.9 Å². The number of cyclic esters (lactones) is 1. The van der Waals surface area contributed by atoms with Crippen LogP contribution in [0.25, 0.3) is 6.08 Å². The molecule has 0 aromatic heterocycles. The summed E-state index contributed by atoms with van der Waals surface area (Å²) in [5, 5.41) is 0. The van der Waals surface area contributed by atoms with Crippen molar-refractivity contribution in [1.82, 2.24) is 0 Å². The molecule has 1 aliphatic rings. The second-order valence-corrected chi connectivity index (χ2v) is 5.20. The summed E-state index contributed by atoms with van der Waals surface area (Å²) in [4.78, 5) is 27.3. The third-order valence-electron chi connectivity index (χ3n) is 3.34. The van der Waals surface area contributed by atoms with Crippen LogP contribution in [0.4, 0.5) is 9.18 Å². The van der Waals surface area contributed by atoms with Crippen molar-refractivity contribution in [3.8, 4) is 5.75 Å². The largest absolute Gasteiger partial charge is 0.513 e. The highest BCUT2D eigenvalue weighted by molar-refractivity contribution is 6.12. The lowest BCUT2D eigenvalue weighted by molar-refractivity contribution is -0.129. The van der Waals surface area contributed by atoms with Crippen LogP contribution in [0, 0.1) is 5.82 Å². The fraction of sp³-hybridized carbons (Fsp3) is 0.105. The van der Waals surface area contributed by atoms with Crippen LogP contribution in [0.15, 0.2) is 59.2 Å². The molecule has 6 nitrogen and oxygen atoms in total. The van der Waals surface area contributed by atoms with Gasteiger partial charge < -0.3 is 14.2 Å². The van der Waals surface area contributed by atoms with Crippen molar-refractivity contribution in [2.45, 2.75) is 6.92 Å². The average molecular weight is 355 g/mol. The molecule has 0 amide bonds. The molecule has 0 radical (unpaired) electrons. The van der Waals surface area contributed by atoms with Crippen LogP contribution in [-0.2, 0) is 14.3 Å². The fourth-order valence-electron chi connectivity index (χ4n) is 2.19. The zero-order chi connectivity index (χ0) is 18.5. The summed E-state index contributed by atoms with van der Waals surface area (Å²) in [7, 11) is 0. The molecule has 0 bridgehead atoms. The van der Waals surface area contributed by atoms with Crippen LogP contribution in [0.5, 0.6) is 5.75 Å². The van der Waals surface area contributed by atoms with Gasteiger partial charge in [0.2, 0.25) is 5.90 Å². The molecular weight excluding hydrogens is 341 g/mol. The Kier molecular flexibility index (Phi) is 5.07. The van der Waals surface area contributed by atoms with E-state index in [2.05, 4.69) is 9.73 Å². The number of rotatable bonds is 4. The van der Waals surface area contributed by atoms with Gasteiger partial charge in [0, 0.05) is 5.56 Å². The molecule has 0 saturated heterocycles. The monoisotopic (exact) mass is 355 g/mol. The highest BCUT2D eigenvalue weighted by atomic mass is 19.1. The molecule has 1 aliphatic heterocycles. The molecule has 132 valence electrons. The van der Waals surface area contributed by atoms with Gasteiger partial charge in [0.05, 0.1) is 6.61 Å². The maximum Gasteiger partial charge on any atom is 0.513 e. The molecule has 0 spiro atoms. The third-order valence-corrected chi connectivity index (χ3v) is 3.34. The summed E-state index contributed by atoms with van der Waals surface area (Å²) in [6.07, 6.45) is 0.727. The first-order valence-electron chi connectivity index (χ1n) is 7.78. The maximum atomic E-state index is 13.3. The first kappa shape index (κ1) is 17.3. The van der Waals surface area contributed by atoms with Crippen LogP contribution in [-0.4, -0.2) is 24.6 Å². The van der Waals surface area contributed by atoms with Crippen molar-refractivity contribution in [1.29, 1.82) is 0 Å². The lowest BCUT2D eigenvalue weighted by Gasteiger charge is -2.03. The van der Waals surface area contributed by atoms with Crippen LogP contribution >= 0.6 is 0 Å². The summed E-state index contributed by atoms with van der Waals surface area (Å²) in [5.41, 5.74) is 1.11. The van der Waals surface area contributed by atoms with Gasteiger partial charge in [-0.2, -0.15) is 0 Å². The van der Waals surface area contributed by atoms with E-state index in [1.54, 1.807) is 37.3 Å². The topological polar surface area (TPSA) is 74.2 Å². The molecule has 0 saturated carbocycles. The van der Waals surface area contributed by atoms with Crippen molar-refractivity contribution in [3.63, 3.8) is 0 Å². The van der Waals surface area contributed by atoms with Gasteiger partial charge in [-0.1, -0.05) is 18.2 Å². The van der Waals surface area contributed by atoms with E-state index in [1.165, 1.54) is 24.3 Å². The maximum absolute atomic E-state index is 13.3. The van der Waals surface area contributed by atoms with Gasteiger partial charge in [-0.15, -0.1) is 0 Å². The SMILES string of the molecule is CCOC(=O)Oc1ccc(C=C2N=C(c3cccc(F)c3)OC2=O)cc1. The van der Waals surface area contributed by atoms with Gasteiger partial charge in [-0.25, -0.2) is 19.0 Å². The summed E-state index contributed by atoms with van der Waals surface area (Å²) in [5.74, 6) is -0.724. The molecule has 2 aromatic rings. The second-order valence-electron chi connectivity index (χ2n) is 5.20. The summed E-state index contributed by atoms with van der Waals surface area (Å²) in [6, 6.07) is 12.0. The van der Waals surface area contributed by atoms with Crippen molar-refractivity contribution >= 4 is 24.1 Å². The number of halogens is 1. The van der Waals surface area contributed by atoms with Crippen LogP contribution < -0.4 is 4.74 Å². The minimum absolute atomic E-state index is 0.0445. The Hall–Kier alpha value is -3.48. The van der Waals surface area contributed by atoms with Crippen LogP contribution in [0.2, 0.25) is 0 Å². The second kappa shape index (κ2) is 7.60. The standard InChI is InChI=1S/C19H14FNO5/c1-2-24-19(23)25-15-8-6-12(7-9-15)10-16-18(22)26-17(21-16)13-4-3-5-14(20)11-13/h3-11H,2H2,1H3. The van der Waals surface area contributed by atoms with Crippen molar-refractivity contribution < 1.29 is 28.2 Å². The minimum atomic E-state index is -0.790. The number of aliphatic imine (C=N–C) groups is 1. The normalized spacial score (nSPS) is 14.8. The molecule has 26 heavy (non-hydrogen) atoms. The number of carbonyl (C=O) groups is 2. The van der Waals surface area contributed by atoms with Crippen LogP contribution in [0.3, 0.4) is 0 Å². The lowest BCUT2D eigenvalue weighted by Crippen LogP contribution is -2.09. The molecule has 0 aliphatic carbocycles. The predicted octanol–water partition coefficient (Wildman–Crippen LogP) is 3.71. The smallest absolute Gasteiger partial charge is 0.434 e. The zero-order valence-electron chi connectivity index (χ0n) is 13.8. The highest BCUT2D eigenvalue weighted by Crippen LogP contribution is 2.21. The molecule has 3 rings (SSSR count). The summed E-state index contributed by atoms with van der Waals surface area (Å²) < 4.78 is 28.0. The Balaban J connectivity index is 1.77. The van der Waals surface area contributed by atoms with Gasteiger partial charge in [0.15, 0.2) is 5.70 Å². The van der Waals surface area contributed by atoms with Crippen molar-refractivity contribution in [2.24, 2.45) is 4.99 Å². The Labute approximate surface area is 148 Å². The highest BCUT2D eigenvalue weighted by Gasteiger charge is 2.24. The Morgan fingerprint density at radius 3 is 2.69 bits per heavy atom. The number of ether oxygens (including phenoxy) is 3. The van der Waals surface area contributed by atoms with Crippen molar-refractivity contribution in [3.05, 3.63) is 71.2 Å². The fourth-order valence-corrected chi connectivity index (χ4v) is 2.19. The predicted molar refractivity (Wildman–Crippen MR) is 91.1 cm³/mol. The molecule has 0 N–H and O–H groups in total. The number of benzene rings is 2. The third kappa shape index (κ3) is 4.13. The van der Waals surface area contributed by atoms with Gasteiger partial charge in [-0.3, -0.25) is 0 Å². The zero-order valence-corrected chi connectivity index (χ0v) is 13.8. The quantitative estimate of drug-likeness (QED) is 0.475.